The largest absolute Gasteiger partial charge is 0.238 e. The molecule has 2 N–H and O–H groups in total. The highest BCUT2D eigenvalue weighted by Crippen LogP contribution is 2.37. The first-order chi connectivity index (χ1) is 12.2. The molecule has 0 spiro atoms. The molecule has 0 saturated carbocycles. The highest BCUT2D eigenvalue weighted by Gasteiger charge is 2.20. The van der Waals surface area contributed by atoms with Crippen LogP contribution in [-0.2, 0) is 10.0 Å². The SMILES string of the molecule is NS(=O)(=O)c1ccccc1-c1cc(F)c(F)cc1-c1ccc(Cl)c(F)c1. The van der Waals surface area contributed by atoms with Gasteiger partial charge in [-0.3, -0.25) is 0 Å². The van der Waals surface area contributed by atoms with Crippen molar-refractivity contribution in [3.8, 4) is 22.3 Å². The van der Waals surface area contributed by atoms with Crippen molar-refractivity contribution in [3.63, 3.8) is 0 Å². The maximum absolute atomic E-state index is 13.9. The molecule has 0 aliphatic rings. The van der Waals surface area contributed by atoms with E-state index >= 15 is 0 Å². The van der Waals surface area contributed by atoms with E-state index in [0.717, 1.165) is 18.2 Å². The Hall–Kier alpha value is -2.35. The van der Waals surface area contributed by atoms with Crippen LogP contribution in [0.2, 0.25) is 5.02 Å². The highest BCUT2D eigenvalue weighted by atomic mass is 35.5. The maximum atomic E-state index is 13.9. The molecule has 134 valence electrons. The molecular formula is C18H11ClF3NO2S. The molecular weight excluding hydrogens is 387 g/mol. The molecule has 26 heavy (non-hydrogen) atoms. The van der Waals surface area contributed by atoms with Gasteiger partial charge in [0.1, 0.15) is 5.82 Å². The lowest BCUT2D eigenvalue weighted by molar-refractivity contribution is 0.509. The fraction of sp³-hybridized carbons (Fsp3) is 0. The van der Waals surface area contributed by atoms with E-state index in [2.05, 4.69) is 0 Å². The van der Waals surface area contributed by atoms with Gasteiger partial charge in [0.15, 0.2) is 11.6 Å². The molecule has 0 aliphatic carbocycles. The predicted molar refractivity (Wildman–Crippen MR) is 93.6 cm³/mol. The molecule has 0 heterocycles. The van der Waals surface area contributed by atoms with Crippen LogP contribution in [0.25, 0.3) is 22.3 Å². The number of hydrogen-bond donors (Lipinski definition) is 1. The van der Waals surface area contributed by atoms with Crippen molar-refractivity contribution in [3.05, 3.63) is 77.1 Å². The second-order valence-corrected chi connectivity index (χ2v) is 7.42. The lowest BCUT2D eigenvalue weighted by Crippen LogP contribution is -2.13. The Morgan fingerprint density at radius 3 is 2.00 bits per heavy atom. The third-order valence-electron chi connectivity index (χ3n) is 3.77. The summed E-state index contributed by atoms with van der Waals surface area (Å²) >= 11 is 5.66. The molecule has 0 aliphatic heterocycles. The van der Waals surface area contributed by atoms with Gasteiger partial charge >= 0.3 is 0 Å². The number of halogens is 4. The molecule has 0 atom stereocenters. The number of primary sulfonamides is 1. The Kier molecular flexibility index (Phi) is 4.79. The van der Waals surface area contributed by atoms with Gasteiger partial charge in [0.25, 0.3) is 0 Å². The van der Waals surface area contributed by atoms with Crippen LogP contribution in [0.5, 0.6) is 0 Å². The second kappa shape index (κ2) is 6.75. The average Bonchev–Trinajstić information content (AvgIpc) is 2.58. The van der Waals surface area contributed by atoms with Crippen LogP contribution in [0.15, 0.2) is 59.5 Å². The Bertz CT molecular complexity index is 1120. The molecule has 3 aromatic rings. The molecule has 0 fully saturated rings. The van der Waals surface area contributed by atoms with E-state index in [4.69, 9.17) is 16.7 Å². The summed E-state index contributed by atoms with van der Waals surface area (Å²) in [7, 11) is -4.13. The molecule has 3 nitrogen and oxygen atoms in total. The standard InChI is InChI=1S/C18H11ClF3NO2S/c19-14-6-5-10(7-15(14)20)12-8-16(21)17(22)9-13(12)11-3-1-2-4-18(11)26(23,24)25/h1-9H,(H2,23,24,25). The monoisotopic (exact) mass is 397 g/mol. The Balaban J connectivity index is 2.36. The van der Waals surface area contributed by atoms with Gasteiger partial charge < -0.3 is 0 Å². The van der Waals surface area contributed by atoms with E-state index in [0.29, 0.717) is 0 Å². The molecule has 0 aromatic heterocycles. The molecule has 3 rings (SSSR count). The minimum atomic E-state index is -4.13. The fourth-order valence-electron chi connectivity index (χ4n) is 2.61. The van der Waals surface area contributed by atoms with Gasteiger partial charge in [-0.05, 0) is 47.0 Å². The van der Waals surface area contributed by atoms with E-state index in [9.17, 15) is 21.6 Å². The molecule has 8 heteroatoms. The summed E-state index contributed by atoms with van der Waals surface area (Å²) in [6.07, 6.45) is 0. The fourth-order valence-corrected chi connectivity index (χ4v) is 3.48. The summed E-state index contributed by atoms with van der Waals surface area (Å²) in [5, 5.41) is 5.09. The topological polar surface area (TPSA) is 60.2 Å². The van der Waals surface area contributed by atoms with Crippen molar-refractivity contribution in [2.24, 2.45) is 5.14 Å². The van der Waals surface area contributed by atoms with Gasteiger partial charge in [0.05, 0.1) is 9.92 Å². The van der Waals surface area contributed by atoms with E-state index in [1.54, 1.807) is 0 Å². The number of benzene rings is 3. The van der Waals surface area contributed by atoms with Gasteiger partial charge in [-0.15, -0.1) is 0 Å². The third-order valence-corrected chi connectivity index (χ3v) is 5.05. The summed E-state index contributed by atoms with van der Waals surface area (Å²) < 4.78 is 65.3. The van der Waals surface area contributed by atoms with Crippen LogP contribution in [0.4, 0.5) is 13.2 Å². The van der Waals surface area contributed by atoms with Crippen LogP contribution < -0.4 is 5.14 Å². The molecule has 0 amide bonds. The molecule has 0 unspecified atom stereocenters. The predicted octanol–water partition coefficient (Wildman–Crippen LogP) is 4.74. The van der Waals surface area contributed by atoms with Gasteiger partial charge in [0, 0.05) is 5.56 Å². The Morgan fingerprint density at radius 1 is 0.769 bits per heavy atom. The lowest BCUT2D eigenvalue weighted by atomic mass is 9.94. The lowest BCUT2D eigenvalue weighted by Gasteiger charge is -2.14. The van der Waals surface area contributed by atoms with Crippen molar-refractivity contribution < 1.29 is 21.6 Å². The summed E-state index contributed by atoms with van der Waals surface area (Å²) in [5.74, 6) is -3.09. The minimum Gasteiger partial charge on any atom is -0.225 e. The normalized spacial score (nSPS) is 11.6. The zero-order valence-corrected chi connectivity index (χ0v) is 14.6. The first-order valence-electron chi connectivity index (χ1n) is 7.25. The van der Waals surface area contributed by atoms with Crippen LogP contribution >= 0.6 is 11.6 Å². The van der Waals surface area contributed by atoms with Crippen molar-refractivity contribution in [2.45, 2.75) is 4.90 Å². The van der Waals surface area contributed by atoms with Crippen molar-refractivity contribution in [1.82, 2.24) is 0 Å². The highest BCUT2D eigenvalue weighted by molar-refractivity contribution is 7.89. The zero-order chi connectivity index (χ0) is 19.1. The van der Waals surface area contributed by atoms with Gasteiger partial charge in [-0.25, -0.2) is 26.7 Å². The van der Waals surface area contributed by atoms with Gasteiger partial charge in [-0.2, -0.15) is 0 Å². The van der Waals surface area contributed by atoms with Gasteiger partial charge in [0.2, 0.25) is 10.0 Å². The second-order valence-electron chi connectivity index (χ2n) is 5.48. The average molecular weight is 398 g/mol. The van der Waals surface area contributed by atoms with Crippen molar-refractivity contribution in [2.75, 3.05) is 0 Å². The van der Waals surface area contributed by atoms with Crippen LogP contribution in [0.1, 0.15) is 0 Å². The van der Waals surface area contributed by atoms with E-state index in [-0.39, 0.29) is 32.2 Å². The number of sulfonamides is 1. The number of nitrogens with two attached hydrogens (primary N) is 1. The first-order valence-corrected chi connectivity index (χ1v) is 9.17. The summed E-state index contributed by atoms with van der Waals surface area (Å²) in [5.41, 5.74) is 0.412. The summed E-state index contributed by atoms with van der Waals surface area (Å²) in [6.45, 7) is 0. The van der Waals surface area contributed by atoms with E-state index < -0.39 is 27.5 Å². The number of hydrogen-bond acceptors (Lipinski definition) is 2. The van der Waals surface area contributed by atoms with Crippen LogP contribution in [-0.4, -0.2) is 8.42 Å². The van der Waals surface area contributed by atoms with E-state index in [1.807, 2.05) is 0 Å². The first kappa shape index (κ1) is 18.4. The molecule has 0 bridgehead atoms. The van der Waals surface area contributed by atoms with Crippen LogP contribution in [0, 0.1) is 17.5 Å². The van der Waals surface area contributed by atoms with Crippen LogP contribution in [0.3, 0.4) is 0 Å². The van der Waals surface area contributed by atoms with Crippen molar-refractivity contribution >= 4 is 21.6 Å². The molecule has 3 aromatic carbocycles. The minimum absolute atomic E-state index is 0.0512. The van der Waals surface area contributed by atoms with Gasteiger partial charge in [-0.1, -0.05) is 35.9 Å². The summed E-state index contributed by atoms with van der Waals surface area (Å²) in [6, 6.07) is 11.1. The quantitative estimate of drug-likeness (QED) is 0.694. The zero-order valence-electron chi connectivity index (χ0n) is 13.0. The smallest absolute Gasteiger partial charge is 0.225 e. The molecule has 0 saturated heterocycles. The maximum Gasteiger partial charge on any atom is 0.238 e. The van der Waals surface area contributed by atoms with Crippen molar-refractivity contribution in [1.29, 1.82) is 0 Å². The Labute approximate surface area is 152 Å². The Morgan fingerprint density at radius 2 is 1.38 bits per heavy atom. The third kappa shape index (κ3) is 3.46. The molecule has 0 radical (unpaired) electrons. The summed E-state index contributed by atoms with van der Waals surface area (Å²) in [4.78, 5) is -0.262. The number of rotatable bonds is 3. The van der Waals surface area contributed by atoms with E-state index in [1.165, 1.54) is 36.4 Å².